The summed E-state index contributed by atoms with van der Waals surface area (Å²) in [5, 5.41) is 2.67. The lowest BCUT2D eigenvalue weighted by Gasteiger charge is -2.13. The lowest BCUT2D eigenvalue weighted by molar-refractivity contribution is -0.00000257. The monoisotopic (exact) mass is 191 g/mol. The number of nitrogens with zero attached hydrogens (tertiary/aromatic N) is 1. The molecule has 0 unspecified atom stereocenters. The predicted octanol–water partition coefficient (Wildman–Crippen LogP) is -0.973. The highest BCUT2D eigenvalue weighted by Gasteiger charge is 2.16. The molecule has 2 nitrogen and oxygen atoms in total. The van der Waals surface area contributed by atoms with E-state index in [1.807, 2.05) is 5.38 Å². The molecule has 0 amide bonds. The van der Waals surface area contributed by atoms with Crippen molar-refractivity contribution in [1.29, 1.82) is 0 Å². The van der Waals surface area contributed by atoms with Gasteiger partial charge in [-0.15, -0.1) is 11.3 Å². The van der Waals surface area contributed by atoms with E-state index in [9.17, 15) is 0 Å². The minimum Gasteiger partial charge on any atom is -1.00 e. The van der Waals surface area contributed by atoms with E-state index >= 15 is 0 Å². The highest BCUT2D eigenvalue weighted by atomic mass is 35.5. The van der Waals surface area contributed by atoms with E-state index in [0.717, 1.165) is 5.69 Å². The van der Waals surface area contributed by atoms with Gasteiger partial charge < -0.3 is 18.1 Å². The smallest absolute Gasteiger partial charge is 0.180 e. The van der Waals surface area contributed by atoms with Crippen molar-refractivity contribution in [1.82, 2.24) is 4.98 Å². The molecule has 0 aromatic carbocycles. The van der Waals surface area contributed by atoms with Crippen molar-refractivity contribution < 1.29 is 12.4 Å². The van der Waals surface area contributed by atoms with Crippen LogP contribution in [0.3, 0.4) is 0 Å². The summed E-state index contributed by atoms with van der Waals surface area (Å²) in [6.07, 6.45) is 0. The van der Waals surface area contributed by atoms with Crippen molar-refractivity contribution in [2.75, 3.05) is 5.73 Å². The Kier molecular flexibility index (Phi) is 3.32. The van der Waals surface area contributed by atoms with Crippen molar-refractivity contribution in [3.05, 3.63) is 11.1 Å². The Balaban J connectivity index is 0.000001000. The van der Waals surface area contributed by atoms with Gasteiger partial charge >= 0.3 is 0 Å². The first-order valence-electron chi connectivity index (χ1n) is 3.21. The number of nitrogens with two attached hydrogens (primary N) is 1. The summed E-state index contributed by atoms with van der Waals surface area (Å²) >= 11 is 1.50. The molecule has 0 fully saturated rings. The molecule has 0 saturated heterocycles. The molecular weight excluding hydrogens is 180 g/mol. The van der Waals surface area contributed by atoms with Gasteiger partial charge in [0.1, 0.15) is 0 Å². The van der Waals surface area contributed by atoms with Crippen LogP contribution < -0.4 is 18.1 Å². The quantitative estimate of drug-likeness (QED) is 0.573. The molecular formula is C7H12ClN2S-. The van der Waals surface area contributed by atoms with Gasteiger partial charge in [0.15, 0.2) is 5.13 Å². The molecule has 11 heavy (non-hydrogen) atoms. The summed E-state index contributed by atoms with van der Waals surface area (Å²) in [4.78, 5) is 4.18. The third kappa shape index (κ3) is 2.67. The fourth-order valence-corrected chi connectivity index (χ4v) is 1.42. The van der Waals surface area contributed by atoms with Gasteiger partial charge in [-0.25, -0.2) is 4.98 Å². The summed E-state index contributed by atoms with van der Waals surface area (Å²) in [5.74, 6) is 0. The van der Waals surface area contributed by atoms with E-state index in [1.54, 1.807) is 0 Å². The fraction of sp³-hybridized carbons (Fsp3) is 0.571. The second-order valence-electron chi connectivity index (χ2n) is 3.32. The number of aromatic nitrogens is 1. The van der Waals surface area contributed by atoms with Crippen LogP contribution >= 0.6 is 11.3 Å². The Morgan fingerprint density at radius 2 is 2.00 bits per heavy atom. The number of rotatable bonds is 0. The van der Waals surface area contributed by atoms with Crippen molar-refractivity contribution >= 4 is 16.5 Å². The van der Waals surface area contributed by atoms with Crippen LogP contribution in [0, 0.1) is 0 Å². The van der Waals surface area contributed by atoms with Gasteiger partial charge in [0.05, 0.1) is 5.69 Å². The third-order valence-electron chi connectivity index (χ3n) is 1.29. The number of anilines is 1. The maximum atomic E-state index is 5.48. The van der Waals surface area contributed by atoms with Crippen LogP contribution in [0.1, 0.15) is 26.5 Å². The topological polar surface area (TPSA) is 38.9 Å². The maximum Gasteiger partial charge on any atom is 0.180 e. The second kappa shape index (κ2) is 3.41. The minimum absolute atomic E-state index is 0. The summed E-state index contributed by atoms with van der Waals surface area (Å²) < 4.78 is 0. The zero-order valence-corrected chi connectivity index (χ0v) is 8.46. The number of hydrogen-bond acceptors (Lipinski definition) is 3. The van der Waals surface area contributed by atoms with Crippen LogP contribution in [0.5, 0.6) is 0 Å². The highest BCUT2D eigenvalue weighted by molar-refractivity contribution is 7.13. The molecule has 0 aliphatic rings. The molecule has 1 aromatic heterocycles. The van der Waals surface area contributed by atoms with Crippen LogP contribution in [0.4, 0.5) is 5.13 Å². The first-order valence-corrected chi connectivity index (χ1v) is 4.09. The lowest BCUT2D eigenvalue weighted by Crippen LogP contribution is -3.00. The van der Waals surface area contributed by atoms with E-state index in [0.29, 0.717) is 5.13 Å². The normalized spacial score (nSPS) is 10.8. The van der Waals surface area contributed by atoms with Crippen molar-refractivity contribution in [3.8, 4) is 0 Å². The SMILES string of the molecule is CC(C)(C)c1csc(N)n1.[Cl-]. The number of thiazole rings is 1. The van der Waals surface area contributed by atoms with Crippen molar-refractivity contribution in [2.45, 2.75) is 26.2 Å². The largest absolute Gasteiger partial charge is 1.00 e. The van der Waals surface area contributed by atoms with E-state index in [2.05, 4.69) is 25.8 Å². The molecule has 0 spiro atoms. The average molecular weight is 192 g/mol. The predicted molar refractivity (Wildman–Crippen MR) is 45.2 cm³/mol. The second-order valence-corrected chi connectivity index (χ2v) is 4.21. The molecule has 0 saturated carbocycles. The molecule has 0 aliphatic carbocycles. The molecule has 1 heterocycles. The van der Waals surface area contributed by atoms with Crippen LogP contribution in [-0.2, 0) is 5.41 Å². The lowest BCUT2D eigenvalue weighted by atomic mass is 9.93. The van der Waals surface area contributed by atoms with Gasteiger partial charge in [-0.2, -0.15) is 0 Å². The van der Waals surface area contributed by atoms with E-state index in [1.165, 1.54) is 11.3 Å². The van der Waals surface area contributed by atoms with Crippen LogP contribution in [0.15, 0.2) is 5.38 Å². The summed E-state index contributed by atoms with van der Waals surface area (Å²) in [6, 6.07) is 0. The zero-order chi connectivity index (χ0) is 7.78. The Bertz CT molecular complexity index is 227. The van der Waals surface area contributed by atoms with Crippen LogP contribution in [-0.4, -0.2) is 4.98 Å². The van der Waals surface area contributed by atoms with Gasteiger partial charge in [0, 0.05) is 10.8 Å². The van der Waals surface area contributed by atoms with Crippen molar-refractivity contribution in [3.63, 3.8) is 0 Å². The number of nitrogen functional groups attached to an aromatic ring is 1. The number of hydrogen-bond donors (Lipinski definition) is 1. The van der Waals surface area contributed by atoms with E-state index < -0.39 is 0 Å². The zero-order valence-electron chi connectivity index (χ0n) is 6.89. The minimum atomic E-state index is 0. The third-order valence-corrected chi connectivity index (χ3v) is 1.96. The van der Waals surface area contributed by atoms with E-state index in [-0.39, 0.29) is 17.8 Å². The molecule has 4 heteroatoms. The Hall–Kier alpha value is -0.280. The average Bonchev–Trinajstić information content (AvgIpc) is 2.11. The molecule has 0 aliphatic heterocycles. The molecule has 1 rings (SSSR count). The highest BCUT2D eigenvalue weighted by Crippen LogP contribution is 2.24. The van der Waals surface area contributed by atoms with Crippen molar-refractivity contribution in [2.24, 2.45) is 0 Å². The molecule has 0 atom stereocenters. The maximum absolute atomic E-state index is 5.48. The summed E-state index contributed by atoms with van der Waals surface area (Å²) in [7, 11) is 0. The molecule has 64 valence electrons. The molecule has 1 aromatic rings. The first-order chi connectivity index (χ1) is 4.50. The van der Waals surface area contributed by atoms with Gasteiger partial charge in [-0.05, 0) is 0 Å². The van der Waals surface area contributed by atoms with Crippen LogP contribution in [0.2, 0.25) is 0 Å². The Morgan fingerprint density at radius 1 is 1.45 bits per heavy atom. The molecule has 0 bridgehead atoms. The van der Waals surface area contributed by atoms with Crippen LogP contribution in [0.25, 0.3) is 0 Å². The van der Waals surface area contributed by atoms with E-state index in [4.69, 9.17) is 5.73 Å². The summed E-state index contributed by atoms with van der Waals surface area (Å²) in [5.41, 5.74) is 6.69. The summed E-state index contributed by atoms with van der Waals surface area (Å²) in [6.45, 7) is 6.38. The molecule has 0 radical (unpaired) electrons. The fourth-order valence-electron chi connectivity index (χ4n) is 0.632. The number of halogens is 1. The Labute approximate surface area is 77.2 Å². The first kappa shape index (κ1) is 10.7. The Morgan fingerprint density at radius 3 is 2.18 bits per heavy atom. The van der Waals surface area contributed by atoms with Gasteiger partial charge in [-0.1, -0.05) is 20.8 Å². The standard InChI is InChI=1S/C7H12N2S.ClH/c1-7(2,3)5-4-10-6(8)9-5;/h4H,1-3H3,(H2,8,9);1H/p-1. The molecule has 2 N–H and O–H groups in total. The van der Waals surface area contributed by atoms with Gasteiger partial charge in [0.25, 0.3) is 0 Å². The van der Waals surface area contributed by atoms with Gasteiger partial charge in [-0.3, -0.25) is 0 Å². The van der Waals surface area contributed by atoms with Gasteiger partial charge in [0.2, 0.25) is 0 Å².